The van der Waals surface area contributed by atoms with Gasteiger partial charge in [0.2, 0.25) is 0 Å². The fourth-order valence-electron chi connectivity index (χ4n) is 3.26. The predicted molar refractivity (Wildman–Crippen MR) is 56.4 cm³/mol. The lowest BCUT2D eigenvalue weighted by Gasteiger charge is -2.27. The van der Waals surface area contributed by atoms with Crippen LogP contribution in [0.4, 0.5) is 0 Å². The second-order valence-corrected chi connectivity index (χ2v) is 5.89. The van der Waals surface area contributed by atoms with Crippen molar-refractivity contribution in [2.24, 2.45) is 28.9 Å². The van der Waals surface area contributed by atoms with Crippen LogP contribution in [0, 0.1) is 23.2 Å². The summed E-state index contributed by atoms with van der Waals surface area (Å²) < 4.78 is 0. The molecule has 1 nitrogen and oxygen atoms in total. The quantitative estimate of drug-likeness (QED) is 0.661. The zero-order valence-corrected chi connectivity index (χ0v) is 9.22. The largest absolute Gasteiger partial charge is 0.327 e. The molecule has 2 atom stereocenters. The molecular weight excluding hydrogens is 158 g/mol. The van der Waals surface area contributed by atoms with Crippen molar-refractivity contribution in [1.82, 2.24) is 0 Å². The van der Waals surface area contributed by atoms with Crippen LogP contribution < -0.4 is 5.73 Å². The third-order valence-electron chi connectivity index (χ3n) is 4.56. The van der Waals surface area contributed by atoms with Crippen LogP contribution in [0.15, 0.2) is 0 Å². The van der Waals surface area contributed by atoms with Crippen LogP contribution in [-0.2, 0) is 0 Å². The molecule has 0 aliphatic heterocycles. The summed E-state index contributed by atoms with van der Waals surface area (Å²) in [5.74, 6) is 2.75. The van der Waals surface area contributed by atoms with Crippen LogP contribution in [0.5, 0.6) is 0 Å². The minimum absolute atomic E-state index is 0.450. The molecule has 1 heteroatoms. The molecule has 0 heterocycles. The van der Waals surface area contributed by atoms with Crippen molar-refractivity contribution in [1.29, 1.82) is 0 Å². The number of rotatable bonds is 1. The van der Waals surface area contributed by atoms with E-state index in [1.807, 2.05) is 0 Å². The first-order chi connectivity index (χ1) is 6.03. The maximum absolute atomic E-state index is 6.11. The van der Waals surface area contributed by atoms with E-state index in [1.165, 1.54) is 25.7 Å². The third kappa shape index (κ3) is 1.52. The zero-order valence-electron chi connectivity index (χ0n) is 9.22. The van der Waals surface area contributed by atoms with E-state index in [1.54, 1.807) is 0 Å². The van der Waals surface area contributed by atoms with Gasteiger partial charge in [0, 0.05) is 6.04 Å². The molecule has 0 bridgehead atoms. The molecular formula is C12H23N. The molecule has 0 radical (unpaired) electrons. The van der Waals surface area contributed by atoms with Crippen molar-refractivity contribution in [3.8, 4) is 0 Å². The molecule has 0 aromatic carbocycles. The van der Waals surface area contributed by atoms with Gasteiger partial charge in [-0.15, -0.1) is 0 Å². The molecule has 13 heavy (non-hydrogen) atoms. The molecule has 76 valence electrons. The van der Waals surface area contributed by atoms with Crippen molar-refractivity contribution in [2.75, 3.05) is 0 Å². The molecule has 2 N–H and O–H groups in total. The number of nitrogens with two attached hydrogens (primary N) is 1. The van der Waals surface area contributed by atoms with E-state index in [9.17, 15) is 0 Å². The van der Waals surface area contributed by atoms with Crippen LogP contribution in [0.3, 0.4) is 0 Å². The van der Waals surface area contributed by atoms with Crippen molar-refractivity contribution in [3.05, 3.63) is 0 Å². The molecule has 2 aliphatic rings. The Kier molecular flexibility index (Phi) is 2.18. The predicted octanol–water partition coefficient (Wildman–Crippen LogP) is 2.80. The highest BCUT2D eigenvalue weighted by molar-refractivity contribution is 5.11. The maximum Gasteiger partial charge on any atom is 0.0130 e. The second kappa shape index (κ2) is 2.98. The average molecular weight is 181 g/mol. The summed E-state index contributed by atoms with van der Waals surface area (Å²) >= 11 is 0. The number of hydrogen-bond donors (Lipinski definition) is 1. The minimum Gasteiger partial charge on any atom is -0.327 e. The van der Waals surface area contributed by atoms with Gasteiger partial charge in [0.25, 0.3) is 0 Å². The smallest absolute Gasteiger partial charge is 0.0130 e. The Balaban J connectivity index is 1.90. The molecule has 0 aromatic rings. The Bertz CT molecular complexity index is 189. The second-order valence-electron chi connectivity index (χ2n) is 5.89. The monoisotopic (exact) mass is 181 g/mol. The Morgan fingerprint density at radius 2 is 1.54 bits per heavy atom. The van der Waals surface area contributed by atoms with Crippen LogP contribution in [-0.4, -0.2) is 6.04 Å². The first-order valence-electron chi connectivity index (χ1n) is 5.79. The van der Waals surface area contributed by atoms with Crippen molar-refractivity contribution < 1.29 is 0 Å². The van der Waals surface area contributed by atoms with Gasteiger partial charge >= 0.3 is 0 Å². The summed E-state index contributed by atoms with van der Waals surface area (Å²) in [6.07, 6.45) is 5.74. The van der Waals surface area contributed by atoms with E-state index in [2.05, 4.69) is 20.8 Å². The molecule has 2 saturated carbocycles. The van der Waals surface area contributed by atoms with Crippen LogP contribution in [0.25, 0.3) is 0 Å². The van der Waals surface area contributed by atoms with E-state index < -0.39 is 0 Å². The molecule has 2 fully saturated rings. The maximum atomic E-state index is 6.11. The van der Waals surface area contributed by atoms with Gasteiger partial charge in [0.05, 0.1) is 0 Å². The lowest BCUT2D eigenvalue weighted by atomic mass is 9.79. The summed E-state index contributed by atoms with van der Waals surface area (Å²) in [5, 5.41) is 0. The topological polar surface area (TPSA) is 26.0 Å². The first kappa shape index (κ1) is 9.51. The highest BCUT2D eigenvalue weighted by Crippen LogP contribution is 2.57. The summed E-state index contributed by atoms with van der Waals surface area (Å²) in [6.45, 7) is 7.05. The molecule has 0 saturated heterocycles. The van der Waals surface area contributed by atoms with Crippen LogP contribution in [0.1, 0.15) is 46.5 Å². The fraction of sp³-hybridized carbons (Fsp3) is 1.00. The molecule has 2 unspecified atom stereocenters. The molecule has 0 aromatic heterocycles. The van der Waals surface area contributed by atoms with Crippen molar-refractivity contribution >= 4 is 0 Å². The van der Waals surface area contributed by atoms with E-state index in [4.69, 9.17) is 5.73 Å². The van der Waals surface area contributed by atoms with E-state index in [0.717, 1.165) is 17.8 Å². The molecule has 2 aliphatic carbocycles. The van der Waals surface area contributed by atoms with Gasteiger partial charge in [0.15, 0.2) is 0 Å². The van der Waals surface area contributed by atoms with E-state index in [0.29, 0.717) is 11.5 Å². The fourth-order valence-corrected chi connectivity index (χ4v) is 3.26. The van der Waals surface area contributed by atoms with Gasteiger partial charge in [-0.2, -0.15) is 0 Å². The lowest BCUT2D eigenvalue weighted by Crippen LogP contribution is -2.17. The van der Waals surface area contributed by atoms with Crippen LogP contribution in [0.2, 0.25) is 0 Å². The van der Waals surface area contributed by atoms with Crippen molar-refractivity contribution in [3.63, 3.8) is 0 Å². The summed E-state index contributed by atoms with van der Waals surface area (Å²) in [6, 6.07) is 0.492. The normalized spacial score (nSPS) is 48.9. The lowest BCUT2D eigenvalue weighted by molar-refractivity contribution is 0.244. The Labute approximate surface area is 82.1 Å². The molecule has 2 rings (SSSR count). The van der Waals surface area contributed by atoms with Crippen molar-refractivity contribution in [2.45, 2.75) is 52.5 Å². The Hall–Kier alpha value is -0.0400. The minimum atomic E-state index is 0.450. The standard InChI is InChI=1S/C12H23N/c1-8-4-6-9(7-5-8)10-11(13)12(10,2)3/h8-11H,4-7,13H2,1-3H3. The number of hydrogen-bond acceptors (Lipinski definition) is 1. The summed E-state index contributed by atoms with van der Waals surface area (Å²) in [7, 11) is 0. The van der Waals surface area contributed by atoms with Gasteiger partial charge in [-0.3, -0.25) is 0 Å². The van der Waals surface area contributed by atoms with Gasteiger partial charge in [-0.05, 0) is 36.0 Å². The van der Waals surface area contributed by atoms with E-state index >= 15 is 0 Å². The van der Waals surface area contributed by atoms with Gasteiger partial charge in [-0.25, -0.2) is 0 Å². The summed E-state index contributed by atoms with van der Waals surface area (Å²) in [4.78, 5) is 0. The highest BCUT2D eigenvalue weighted by atomic mass is 14.8. The molecule has 0 amide bonds. The first-order valence-corrected chi connectivity index (χ1v) is 5.79. The average Bonchev–Trinajstić information content (AvgIpc) is 2.55. The van der Waals surface area contributed by atoms with Gasteiger partial charge in [0.1, 0.15) is 0 Å². The molecule has 0 spiro atoms. The van der Waals surface area contributed by atoms with Crippen LogP contribution >= 0.6 is 0 Å². The Morgan fingerprint density at radius 3 is 1.92 bits per heavy atom. The van der Waals surface area contributed by atoms with E-state index in [-0.39, 0.29) is 0 Å². The SMILES string of the molecule is CC1CCC(C2C(N)C2(C)C)CC1. The van der Waals surface area contributed by atoms with Gasteiger partial charge in [-0.1, -0.05) is 33.6 Å². The zero-order chi connectivity index (χ0) is 9.64. The Morgan fingerprint density at radius 1 is 1.08 bits per heavy atom. The third-order valence-corrected chi connectivity index (χ3v) is 4.56. The van der Waals surface area contributed by atoms with Gasteiger partial charge < -0.3 is 5.73 Å². The summed E-state index contributed by atoms with van der Waals surface area (Å²) in [5.41, 5.74) is 6.56. The highest BCUT2D eigenvalue weighted by Gasteiger charge is 2.58.